The molecule has 4 heterocycles. The largest absolute Gasteiger partial charge is 0.505 e. The molecule has 1 aromatic carbocycles. The first kappa shape index (κ1) is 23.6. The van der Waals surface area contributed by atoms with Gasteiger partial charge in [-0.1, -0.05) is 17.7 Å². The maximum absolute atomic E-state index is 13.6. The van der Waals surface area contributed by atoms with Gasteiger partial charge in [0.25, 0.3) is 11.5 Å². The number of sulfonamides is 1. The van der Waals surface area contributed by atoms with E-state index in [-0.39, 0.29) is 52.3 Å². The lowest BCUT2D eigenvalue weighted by Gasteiger charge is -2.33. The number of amides is 1. The maximum Gasteiger partial charge on any atom is 0.280 e. The summed E-state index contributed by atoms with van der Waals surface area (Å²) >= 11 is 5.88. The molecule has 1 unspecified atom stereocenters. The molecule has 1 saturated heterocycles. The lowest BCUT2D eigenvalue weighted by Crippen LogP contribution is -2.42. The van der Waals surface area contributed by atoms with E-state index in [0.717, 1.165) is 15.1 Å². The second-order valence-electron chi connectivity index (χ2n) is 8.76. The molecule has 2 aromatic heterocycles. The number of aromatic nitrogens is 3. The Morgan fingerprint density at radius 2 is 2.03 bits per heavy atom. The van der Waals surface area contributed by atoms with E-state index in [9.17, 15) is 27.5 Å². The topological polar surface area (TPSA) is 118 Å². The number of fused-ring (bicyclic) bond motifs is 3. The summed E-state index contributed by atoms with van der Waals surface area (Å²) in [5.74, 6) is -1.70. The van der Waals surface area contributed by atoms with Gasteiger partial charge in [0.05, 0.1) is 17.3 Å². The van der Waals surface area contributed by atoms with Crippen LogP contribution in [0.25, 0.3) is 10.9 Å². The maximum atomic E-state index is 13.6. The Morgan fingerprint density at radius 1 is 1.29 bits per heavy atom. The van der Waals surface area contributed by atoms with Crippen LogP contribution >= 0.6 is 11.6 Å². The van der Waals surface area contributed by atoms with E-state index in [1.54, 1.807) is 4.90 Å². The Balaban J connectivity index is 1.82. The molecule has 0 radical (unpaired) electrons. The fraction of sp³-hybridized carbons (Fsp3) is 0.409. The van der Waals surface area contributed by atoms with Gasteiger partial charge in [-0.05, 0) is 38.0 Å². The molecule has 2 aliphatic rings. The Hall–Kier alpha value is -3.12. The van der Waals surface area contributed by atoms with E-state index < -0.39 is 33.1 Å². The van der Waals surface area contributed by atoms with Gasteiger partial charge in [0.1, 0.15) is 16.7 Å². The van der Waals surface area contributed by atoms with Crippen LogP contribution in [0, 0.1) is 5.82 Å². The second kappa shape index (κ2) is 8.23. The number of anilines is 1. The van der Waals surface area contributed by atoms with Crippen LogP contribution in [0.15, 0.2) is 23.0 Å². The number of hydrogen-bond acceptors (Lipinski definition) is 6. The predicted molar refractivity (Wildman–Crippen MR) is 128 cm³/mol. The minimum absolute atomic E-state index is 0.0311. The number of benzene rings is 1. The number of nitrogens with zero attached hydrogens (tertiary/aromatic N) is 5. The SMILES string of the molecule is CCN1CC(C)n2c(c(O)c3c(=O)n(Cc4ccc(F)c(Cl)c4)nc(N4CCCS4(=O)=O)c32)C1=O. The highest BCUT2D eigenvalue weighted by Gasteiger charge is 2.40. The number of halogens is 2. The van der Waals surface area contributed by atoms with Crippen LogP contribution in [0.4, 0.5) is 10.2 Å². The number of rotatable bonds is 4. The van der Waals surface area contributed by atoms with Gasteiger partial charge >= 0.3 is 0 Å². The minimum Gasteiger partial charge on any atom is -0.505 e. The van der Waals surface area contributed by atoms with Crippen molar-refractivity contribution in [2.24, 2.45) is 0 Å². The number of carbonyl (C=O) groups is 1. The Kier molecular flexibility index (Phi) is 5.55. The highest BCUT2D eigenvalue weighted by atomic mass is 35.5. The molecule has 2 aliphatic heterocycles. The molecule has 186 valence electrons. The molecule has 0 aliphatic carbocycles. The molecule has 0 saturated carbocycles. The van der Waals surface area contributed by atoms with Gasteiger partial charge < -0.3 is 14.6 Å². The molecule has 1 N–H and O–H groups in total. The summed E-state index contributed by atoms with van der Waals surface area (Å²) in [6, 6.07) is 3.59. The molecule has 10 nitrogen and oxygen atoms in total. The highest BCUT2D eigenvalue weighted by Crippen LogP contribution is 2.41. The zero-order valence-electron chi connectivity index (χ0n) is 19.0. The Morgan fingerprint density at radius 3 is 2.66 bits per heavy atom. The van der Waals surface area contributed by atoms with Crippen molar-refractivity contribution in [3.05, 3.63) is 50.7 Å². The minimum atomic E-state index is -3.72. The van der Waals surface area contributed by atoms with Gasteiger partial charge in [-0.25, -0.2) is 17.5 Å². The van der Waals surface area contributed by atoms with E-state index >= 15 is 0 Å². The van der Waals surface area contributed by atoms with Crippen molar-refractivity contribution in [3.8, 4) is 5.75 Å². The van der Waals surface area contributed by atoms with Gasteiger partial charge in [0, 0.05) is 25.7 Å². The van der Waals surface area contributed by atoms with Crippen LogP contribution in [-0.4, -0.2) is 64.1 Å². The molecule has 1 atom stereocenters. The zero-order chi connectivity index (χ0) is 25.2. The molecule has 1 amide bonds. The Bertz CT molecular complexity index is 1550. The van der Waals surface area contributed by atoms with E-state index in [1.165, 1.54) is 16.7 Å². The van der Waals surface area contributed by atoms with Crippen molar-refractivity contribution in [1.29, 1.82) is 0 Å². The van der Waals surface area contributed by atoms with Gasteiger partial charge in [-0.3, -0.25) is 13.9 Å². The standard InChI is InChI=1S/C22H23ClFN5O5S/c1-3-26-10-12(2)29-17-16(19(30)18(29)22(26)32)21(31)27(11-13-5-6-15(24)14(23)9-13)25-20(17)28-7-4-8-35(28,33)34/h5-6,9,12,30H,3-4,7-8,10-11H2,1-2H3. The average Bonchev–Trinajstić information content (AvgIpc) is 3.32. The third kappa shape index (κ3) is 3.57. The van der Waals surface area contributed by atoms with Gasteiger partial charge in [-0.15, -0.1) is 5.10 Å². The van der Waals surface area contributed by atoms with E-state index in [1.807, 2.05) is 13.8 Å². The number of carbonyl (C=O) groups excluding carboxylic acids is 1. The quantitative estimate of drug-likeness (QED) is 0.561. The first-order chi connectivity index (χ1) is 16.5. The predicted octanol–water partition coefficient (Wildman–Crippen LogP) is 2.32. The molecular weight excluding hydrogens is 501 g/mol. The zero-order valence-corrected chi connectivity index (χ0v) is 20.6. The summed E-state index contributed by atoms with van der Waals surface area (Å²) in [7, 11) is -3.72. The van der Waals surface area contributed by atoms with E-state index in [0.29, 0.717) is 25.1 Å². The number of hydrogen-bond donors (Lipinski definition) is 1. The van der Waals surface area contributed by atoms with Gasteiger partial charge in [0.2, 0.25) is 10.0 Å². The van der Waals surface area contributed by atoms with Crippen LogP contribution in [0.3, 0.4) is 0 Å². The third-order valence-electron chi connectivity index (χ3n) is 6.50. The Labute approximate surface area is 205 Å². The van der Waals surface area contributed by atoms with Crippen LogP contribution in [0.5, 0.6) is 5.75 Å². The van der Waals surface area contributed by atoms with Gasteiger partial charge in [0.15, 0.2) is 17.3 Å². The normalized spacial score (nSPS) is 19.5. The summed E-state index contributed by atoms with van der Waals surface area (Å²) < 4.78 is 43.0. The lowest BCUT2D eigenvalue weighted by molar-refractivity contribution is 0.0686. The van der Waals surface area contributed by atoms with Crippen molar-refractivity contribution in [2.45, 2.75) is 32.9 Å². The van der Waals surface area contributed by atoms with Crippen LogP contribution in [0.2, 0.25) is 5.02 Å². The molecular formula is C22H23ClFN5O5S. The van der Waals surface area contributed by atoms with E-state index in [4.69, 9.17) is 11.6 Å². The monoisotopic (exact) mass is 523 g/mol. The van der Waals surface area contributed by atoms with Crippen LogP contribution in [0.1, 0.15) is 42.4 Å². The van der Waals surface area contributed by atoms with Gasteiger partial charge in [-0.2, -0.15) is 0 Å². The highest BCUT2D eigenvalue weighted by molar-refractivity contribution is 7.93. The molecule has 35 heavy (non-hydrogen) atoms. The summed E-state index contributed by atoms with van der Waals surface area (Å²) in [6.07, 6.45) is 0.371. The lowest BCUT2D eigenvalue weighted by atomic mass is 10.2. The fourth-order valence-electron chi connectivity index (χ4n) is 4.85. The molecule has 3 aromatic rings. The van der Waals surface area contributed by atoms with E-state index in [2.05, 4.69) is 5.10 Å². The summed E-state index contributed by atoms with van der Waals surface area (Å²) in [5, 5.41) is 15.2. The number of likely N-dealkylation sites (N-methyl/N-ethyl adjacent to an activating group) is 1. The molecule has 0 spiro atoms. The first-order valence-corrected chi connectivity index (χ1v) is 13.2. The first-order valence-electron chi connectivity index (χ1n) is 11.2. The molecule has 13 heteroatoms. The molecule has 5 rings (SSSR count). The van der Waals surface area contributed by atoms with Crippen molar-refractivity contribution in [3.63, 3.8) is 0 Å². The average molecular weight is 524 g/mol. The van der Waals surface area contributed by atoms with Crippen molar-refractivity contribution in [2.75, 3.05) is 29.7 Å². The fourth-order valence-corrected chi connectivity index (χ4v) is 6.56. The van der Waals surface area contributed by atoms with Crippen molar-refractivity contribution >= 4 is 44.3 Å². The van der Waals surface area contributed by atoms with Crippen LogP contribution in [-0.2, 0) is 16.6 Å². The summed E-state index contributed by atoms with van der Waals surface area (Å²) in [5.41, 5.74) is -0.216. The third-order valence-corrected chi connectivity index (χ3v) is 8.63. The molecule has 1 fully saturated rings. The van der Waals surface area contributed by atoms with Crippen LogP contribution < -0.4 is 9.86 Å². The summed E-state index contributed by atoms with van der Waals surface area (Å²) in [6.45, 7) is 4.37. The summed E-state index contributed by atoms with van der Waals surface area (Å²) in [4.78, 5) is 28.2. The smallest absolute Gasteiger partial charge is 0.280 e. The second-order valence-corrected chi connectivity index (χ2v) is 11.2. The van der Waals surface area contributed by atoms with Crippen molar-refractivity contribution < 1.29 is 22.7 Å². The van der Waals surface area contributed by atoms with Crippen molar-refractivity contribution in [1.82, 2.24) is 19.2 Å². The molecule has 0 bridgehead atoms. The number of aromatic hydroxyl groups is 1.